The number of thiophene rings is 1. The Morgan fingerprint density at radius 2 is 2.11 bits per heavy atom. The summed E-state index contributed by atoms with van der Waals surface area (Å²) in [7, 11) is 0. The Morgan fingerprint density at radius 3 is 2.89 bits per heavy atom. The first-order chi connectivity index (χ1) is 9.24. The monoisotopic (exact) mass is 268 g/mol. The second kappa shape index (κ2) is 4.82. The number of nitrogens with zero attached hydrogens (tertiary/aromatic N) is 1. The molecule has 0 aliphatic rings. The van der Waals surface area contributed by atoms with Gasteiger partial charge >= 0.3 is 0 Å². The highest BCUT2D eigenvalue weighted by atomic mass is 32.1. The van der Waals surface area contributed by atoms with Gasteiger partial charge in [-0.2, -0.15) is 11.3 Å². The quantitative estimate of drug-likeness (QED) is 0.741. The zero-order chi connectivity index (χ0) is 13.2. The summed E-state index contributed by atoms with van der Waals surface area (Å²) in [6.45, 7) is 0. The van der Waals surface area contributed by atoms with E-state index in [2.05, 4.69) is 4.98 Å². The van der Waals surface area contributed by atoms with Crippen molar-refractivity contribution in [3.8, 4) is 0 Å². The second-order valence-electron chi connectivity index (χ2n) is 4.35. The Bertz CT molecular complexity index is 735. The van der Waals surface area contributed by atoms with Crippen molar-refractivity contribution in [2.75, 3.05) is 5.73 Å². The van der Waals surface area contributed by atoms with Gasteiger partial charge < -0.3 is 5.73 Å². The summed E-state index contributed by atoms with van der Waals surface area (Å²) in [6.07, 6.45) is 0.369. The van der Waals surface area contributed by atoms with Gasteiger partial charge in [-0.25, -0.2) is 4.98 Å². The number of hydrogen-bond donors (Lipinski definition) is 1. The summed E-state index contributed by atoms with van der Waals surface area (Å²) in [5.41, 5.74) is 8.78. The highest BCUT2D eigenvalue weighted by Crippen LogP contribution is 2.21. The van der Waals surface area contributed by atoms with E-state index in [9.17, 15) is 4.79 Å². The number of anilines is 1. The van der Waals surface area contributed by atoms with Gasteiger partial charge in [0.25, 0.3) is 0 Å². The molecular weight excluding hydrogens is 256 g/mol. The molecule has 0 atom stereocenters. The fourth-order valence-corrected chi connectivity index (χ4v) is 2.68. The van der Waals surface area contributed by atoms with Gasteiger partial charge in [0.1, 0.15) is 5.69 Å². The van der Waals surface area contributed by atoms with Gasteiger partial charge in [0.05, 0.1) is 5.52 Å². The van der Waals surface area contributed by atoms with E-state index in [1.807, 2.05) is 41.1 Å². The number of benzene rings is 1. The number of para-hydroxylation sites is 1. The van der Waals surface area contributed by atoms with Gasteiger partial charge in [0.2, 0.25) is 0 Å². The van der Waals surface area contributed by atoms with Crippen molar-refractivity contribution in [2.24, 2.45) is 0 Å². The number of fused-ring (bicyclic) bond motifs is 1. The number of nitrogen functional groups attached to an aromatic ring is 1. The summed E-state index contributed by atoms with van der Waals surface area (Å²) in [6, 6.07) is 11.2. The Labute approximate surface area is 114 Å². The van der Waals surface area contributed by atoms with E-state index in [1.165, 1.54) is 0 Å². The molecule has 0 saturated carbocycles. The summed E-state index contributed by atoms with van der Waals surface area (Å²) in [4.78, 5) is 16.6. The first kappa shape index (κ1) is 11.9. The normalized spacial score (nSPS) is 10.7. The minimum absolute atomic E-state index is 0.00384. The van der Waals surface area contributed by atoms with Crippen LogP contribution in [0.1, 0.15) is 16.1 Å². The molecule has 0 aliphatic carbocycles. The summed E-state index contributed by atoms with van der Waals surface area (Å²) in [5.74, 6) is -0.00384. The number of hydrogen-bond acceptors (Lipinski definition) is 4. The van der Waals surface area contributed by atoms with E-state index in [4.69, 9.17) is 5.73 Å². The van der Waals surface area contributed by atoms with Gasteiger partial charge in [-0.15, -0.1) is 0 Å². The first-order valence-corrected chi connectivity index (χ1v) is 6.88. The van der Waals surface area contributed by atoms with Crippen molar-refractivity contribution in [2.45, 2.75) is 6.42 Å². The molecule has 2 heterocycles. The number of carbonyl (C=O) groups excluding carboxylic acids is 1. The molecule has 0 fully saturated rings. The number of ketones is 1. The highest BCUT2D eigenvalue weighted by Gasteiger charge is 2.11. The minimum Gasteiger partial charge on any atom is -0.398 e. The van der Waals surface area contributed by atoms with Crippen LogP contribution in [0.2, 0.25) is 0 Å². The molecular formula is C15H12N2OS. The molecule has 0 saturated heterocycles. The number of nitrogens with two attached hydrogens (primary N) is 1. The van der Waals surface area contributed by atoms with Crippen molar-refractivity contribution in [1.29, 1.82) is 0 Å². The van der Waals surface area contributed by atoms with Crippen LogP contribution >= 0.6 is 11.3 Å². The lowest BCUT2D eigenvalue weighted by atomic mass is 10.1. The predicted octanol–water partition coefficient (Wildman–Crippen LogP) is 3.30. The third-order valence-corrected chi connectivity index (χ3v) is 3.71. The van der Waals surface area contributed by atoms with Crippen molar-refractivity contribution in [3.05, 3.63) is 58.4 Å². The van der Waals surface area contributed by atoms with Crippen LogP contribution < -0.4 is 5.73 Å². The molecule has 94 valence electrons. The standard InChI is InChI=1S/C15H12N2OS/c16-12-8-14(15(18)7-10-5-6-19-9-10)17-13-4-2-1-3-11(12)13/h1-6,8-9H,7H2,(H2,16,17). The van der Waals surface area contributed by atoms with Crippen LogP contribution in [0.15, 0.2) is 47.2 Å². The average molecular weight is 268 g/mol. The molecule has 0 amide bonds. The third-order valence-electron chi connectivity index (χ3n) is 2.98. The number of rotatable bonds is 3. The Hall–Kier alpha value is -2.20. The van der Waals surface area contributed by atoms with Crippen LogP contribution in [0.3, 0.4) is 0 Å². The highest BCUT2D eigenvalue weighted by molar-refractivity contribution is 7.08. The zero-order valence-corrected chi connectivity index (χ0v) is 11.0. The topological polar surface area (TPSA) is 56.0 Å². The van der Waals surface area contributed by atoms with E-state index >= 15 is 0 Å². The van der Waals surface area contributed by atoms with Crippen molar-refractivity contribution < 1.29 is 4.79 Å². The van der Waals surface area contributed by atoms with Crippen molar-refractivity contribution in [1.82, 2.24) is 4.98 Å². The lowest BCUT2D eigenvalue weighted by molar-refractivity contribution is 0.0989. The molecule has 4 heteroatoms. The number of Topliss-reactive ketones (excluding diaryl/α,β-unsaturated/α-hetero) is 1. The molecule has 0 bridgehead atoms. The van der Waals surface area contributed by atoms with Gasteiger partial charge in [-0.05, 0) is 34.5 Å². The third kappa shape index (κ3) is 2.35. The van der Waals surface area contributed by atoms with Gasteiger partial charge in [0, 0.05) is 17.5 Å². The largest absolute Gasteiger partial charge is 0.398 e. The second-order valence-corrected chi connectivity index (χ2v) is 5.13. The van der Waals surface area contributed by atoms with Crippen molar-refractivity contribution in [3.63, 3.8) is 0 Å². The lowest BCUT2D eigenvalue weighted by Gasteiger charge is -2.05. The fraction of sp³-hybridized carbons (Fsp3) is 0.0667. The molecule has 2 aromatic heterocycles. The van der Waals surface area contributed by atoms with Crippen LogP contribution in [0.25, 0.3) is 10.9 Å². The van der Waals surface area contributed by atoms with Crippen LogP contribution in [0.4, 0.5) is 5.69 Å². The maximum Gasteiger partial charge on any atom is 0.185 e. The molecule has 19 heavy (non-hydrogen) atoms. The SMILES string of the molecule is Nc1cc(C(=O)Cc2ccsc2)nc2ccccc12. The van der Waals surface area contributed by atoms with E-state index in [-0.39, 0.29) is 5.78 Å². The Balaban J connectivity index is 1.98. The lowest BCUT2D eigenvalue weighted by Crippen LogP contribution is -2.06. The van der Waals surface area contributed by atoms with Crippen LogP contribution in [-0.2, 0) is 6.42 Å². The summed E-state index contributed by atoms with van der Waals surface area (Å²) >= 11 is 1.59. The van der Waals surface area contributed by atoms with Gasteiger partial charge in [-0.1, -0.05) is 18.2 Å². The van der Waals surface area contributed by atoms with Crippen LogP contribution in [0.5, 0.6) is 0 Å². The molecule has 3 rings (SSSR count). The molecule has 3 nitrogen and oxygen atoms in total. The van der Waals surface area contributed by atoms with Crippen LogP contribution in [-0.4, -0.2) is 10.8 Å². The molecule has 0 radical (unpaired) electrons. The molecule has 0 aliphatic heterocycles. The Morgan fingerprint density at radius 1 is 1.26 bits per heavy atom. The first-order valence-electron chi connectivity index (χ1n) is 5.93. The number of pyridine rings is 1. The minimum atomic E-state index is -0.00384. The van der Waals surface area contributed by atoms with E-state index in [1.54, 1.807) is 17.4 Å². The van der Waals surface area contributed by atoms with E-state index in [0.717, 1.165) is 16.5 Å². The van der Waals surface area contributed by atoms with E-state index < -0.39 is 0 Å². The average Bonchev–Trinajstić information content (AvgIpc) is 2.91. The Kier molecular flexibility index (Phi) is 3.01. The van der Waals surface area contributed by atoms with E-state index in [0.29, 0.717) is 17.8 Å². The molecule has 0 unspecified atom stereocenters. The van der Waals surface area contributed by atoms with Crippen LogP contribution in [0, 0.1) is 0 Å². The molecule has 1 aromatic carbocycles. The zero-order valence-electron chi connectivity index (χ0n) is 10.2. The fourth-order valence-electron chi connectivity index (χ4n) is 2.01. The summed E-state index contributed by atoms with van der Waals surface area (Å²) < 4.78 is 0. The maximum atomic E-state index is 12.2. The maximum absolute atomic E-state index is 12.2. The molecule has 0 spiro atoms. The smallest absolute Gasteiger partial charge is 0.185 e. The van der Waals surface area contributed by atoms with Gasteiger partial charge in [0.15, 0.2) is 5.78 Å². The molecule has 2 N–H and O–H groups in total. The predicted molar refractivity (Wildman–Crippen MR) is 78.5 cm³/mol. The summed E-state index contributed by atoms with van der Waals surface area (Å²) in [5, 5.41) is 4.82. The molecule has 3 aromatic rings. The van der Waals surface area contributed by atoms with Crippen molar-refractivity contribution >= 4 is 33.7 Å². The number of aromatic nitrogens is 1. The van der Waals surface area contributed by atoms with Gasteiger partial charge in [-0.3, -0.25) is 4.79 Å². The number of carbonyl (C=O) groups is 1.